The van der Waals surface area contributed by atoms with Gasteiger partial charge < -0.3 is 5.32 Å². The maximum Gasteiger partial charge on any atom is 0.269 e. The molecule has 19 heavy (non-hydrogen) atoms. The molecule has 0 unspecified atom stereocenters. The standard InChI is InChI=1S/C15H23ClN2O/c1-12(2)8-5-3-4-6-11-17-15(19)13-9-7-10-14(16)18-13/h7,9-10,12H,3-6,8,11H2,1-2H3,(H,17,19). The molecule has 0 fully saturated rings. The second-order valence-corrected chi connectivity index (χ2v) is 5.59. The summed E-state index contributed by atoms with van der Waals surface area (Å²) >= 11 is 5.74. The van der Waals surface area contributed by atoms with Crippen molar-refractivity contribution in [3.8, 4) is 0 Å². The minimum absolute atomic E-state index is 0.148. The molecular formula is C15H23ClN2O. The summed E-state index contributed by atoms with van der Waals surface area (Å²) in [6.45, 7) is 5.20. The highest BCUT2D eigenvalue weighted by Crippen LogP contribution is 2.09. The minimum atomic E-state index is -0.148. The van der Waals surface area contributed by atoms with Crippen LogP contribution in [0, 0.1) is 5.92 Å². The molecule has 0 aliphatic carbocycles. The van der Waals surface area contributed by atoms with E-state index in [2.05, 4.69) is 24.1 Å². The molecule has 1 amide bonds. The van der Waals surface area contributed by atoms with Crippen molar-refractivity contribution in [2.75, 3.05) is 6.54 Å². The van der Waals surface area contributed by atoms with Crippen molar-refractivity contribution in [2.24, 2.45) is 5.92 Å². The molecule has 0 radical (unpaired) electrons. The van der Waals surface area contributed by atoms with E-state index in [4.69, 9.17) is 11.6 Å². The summed E-state index contributed by atoms with van der Waals surface area (Å²) in [5.74, 6) is 0.637. The summed E-state index contributed by atoms with van der Waals surface area (Å²) in [6.07, 6.45) is 5.99. The van der Waals surface area contributed by atoms with Crippen LogP contribution >= 0.6 is 11.6 Å². The average Bonchev–Trinajstić information content (AvgIpc) is 2.37. The van der Waals surface area contributed by atoms with Crippen LogP contribution in [-0.2, 0) is 0 Å². The maximum absolute atomic E-state index is 11.7. The zero-order chi connectivity index (χ0) is 14.1. The third-order valence-electron chi connectivity index (χ3n) is 2.94. The molecule has 4 heteroatoms. The summed E-state index contributed by atoms with van der Waals surface area (Å²) in [5, 5.41) is 3.21. The van der Waals surface area contributed by atoms with Gasteiger partial charge in [-0.1, -0.05) is 57.2 Å². The molecule has 1 aromatic rings. The van der Waals surface area contributed by atoms with Gasteiger partial charge in [0.05, 0.1) is 0 Å². The van der Waals surface area contributed by atoms with Gasteiger partial charge in [0.1, 0.15) is 10.8 Å². The molecule has 1 N–H and O–H groups in total. The van der Waals surface area contributed by atoms with Crippen molar-refractivity contribution >= 4 is 17.5 Å². The van der Waals surface area contributed by atoms with E-state index < -0.39 is 0 Å². The average molecular weight is 283 g/mol. The Kier molecular flexibility index (Phi) is 7.49. The molecule has 0 spiro atoms. The van der Waals surface area contributed by atoms with Crippen LogP contribution in [0.15, 0.2) is 18.2 Å². The molecule has 0 aliphatic rings. The van der Waals surface area contributed by atoms with Gasteiger partial charge in [-0.3, -0.25) is 4.79 Å². The van der Waals surface area contributed by atoms with Gasteiger partial charge in [0.2, 0.25) is 0 Å². The minimum Gasteiger partial charge on any atom is -0.351 e. The smallest absolute Gasteiger partial charge is 0.269 e. The zero-order valence-electron chi connectivity index (χ0n) is 11.8. The lowest BCUT2D eigenvalue weighted by Crippen LogP contribution is -2.25. The van der Waals surface area contributed by atoms with E-state index >= 15 is 0 Å². The normalized spacial score (nSPS) is 10.7. The number of amides is 1. The second kappa shape index (κ2) is 8.92. The van der Waals surface area contributed by atoms with Crippen LogP contribution in [-0.4, -0.2) is 17.4 Å². The lowest BCUT2D eigenvalue weighted by Gasteiger charge is -2.06. The molecule has 0 saturated heterocycles. The first-order valence-corrected chi connectivity index (χ1v) is 7.38. The van der Waals surface area contributed by atoms with Gasteiger partial charge in [-0.15, -0.1) is 0 Å². The third-order valence-corrected chi connectivity index (χ3v) is 3.15. The largest absolute Gasteiger partial charge is 0.351 e. The highest BCUT2D eigenvalue weighted by Gasteiger charge is 2.06. The monoisotopic (exact) mass is 282 g/mol. The van der Waals surface area contributed by atoms with E-state index in [9.17, 15) is 4.79 Å². The molecule has 0 aromatic carbocycles. The first-order chi connectivity index (χ1) is 9.09. The number of rotatable bonds is 8. The second-order valence-electron chi connectivity index (χ2n) is 5.20. The lowest BCUT2D eigenvalue weighted by molar-refractivity contribution is 0.0948. The van der Waals surface area contributed by atoms with Gasteiger partial charge in [-0.2, -0.15) is 0 Å². The van der Waals surface area contributed by atoms with Crippen molar-refractivity contribution in [3.05, 3.63) is 29.0 Å². The first-order valence-electron chi connectivity index (χ1n) is 7.00. The summed E-state index contributed by atoms with van der Waals surface area (Å²) in [6, 6.07) is 5.06. The highest BCUT2D eigenvalue weighted by atomic mass is 35.5. The van der Waals surface area contributed by atoms with Crippen molar-refractivity contribution < 1.29 is 4.79 Å². The van der Waals surface area contributed by atoms with Gasteiger partial charge >= 0.3 is 0 Å². The number of nitrogens with one attached hydrogen (secondary N) is 1. The SMILES string of the molecule is CC(C)CCCCCCNC(=O)c1cccc(Cl)n1. The fourth-order valence-electron chi connectivity index (χ4n) is 1.86. The molecule has 0 atom stereocenters. The fourth-order valence-corrected chi connectivity index (χ4v) is 2.02. The molecule has 1 aromatic heterocycles. The number of halogens is 1. The van der Waals surface area contributed by atoms with Gasteiger partial charge in [0, 0.05) is 6.54 Å². The van der Waals surface area contributed by atoms with E-state index in [0.717, 1.165) is 18.8 Å². The molecule has 3 nitrogen and oxygen atoms in total. The summed E-state index contributed by atoms with van der Waals surface area (Å²) in [4.78, 5) is 15.7. The predicted octanol–water partition coefficient (Wildman–Crippen LogP) is 4.07. The van der Waals surface area contributed by atoms with Crippen molar-refractivity contribution in [3.63, 3.8) is 0 Å². The summed E-state index contributed by atoms with van der Waals surface area (Å²) in [7, 11) is 0. The zero-order valence-corrected chi connectivity index (χ0v) is 12.5. The van der Waals surface area contributed by atoms with Gasteiger partial charge in [-0.05, 0) is 24.5 Å². The number of carbonyl (C=O) groups excluding carboxylic acids is 1. The van der Waals surface area contributed by atoms with Gasteiger partial charge in [0.15, 0.2) is 0 Å². The van der Waals surface area contributed by atoms with Crippen LogP contribution in [0.25, 0.3) is 0 Å². The molecule has 1 heterocycles. The molecular weight excluding hydrogens is 260 g/mol. The molecule has 1 rings (SSSR count). The molecule has 0 saturated carbocycles. The number of nitrogens with zero attached hydrogens (tertiary/aromatic N) is 1. The number of pyridine rings is 1. The molecule has 0 aliphatic heterocycles. The van der Waals surface area contributed by atoms with E-state index in [0.29, 0.717) is 17.4 Å². The Bertz CT molecular complexity index is 393. The van der Waals surface area contributed by atoms with E-state index in [-0.39, 0.29) is 5.91 Å². The molecule has 0 bridgehead atoms. The van der Waals surface area contributed by atoms with Gasteiger partial charge in [0.25, 0.3) is 5.91 Å². The van der Waals surface area contributed by atoms with Crippen molar-refractivity contribution in [1.29, 1.82) is 0 Å². The maximum atomic E-state index is 11.7. The van der Waals surface area contributed by atoms with Crippen LogP contribution in [0.5, 0.6) is 0 Å². The van der Waals surface area contributed by atoms with Crippen molar-refractivity contribution in [1.82, 2.24) is 10.3 Å². The summed E-state index contributed by atoms with van der Waals surface area (Å²) < 4.78 is 0. The van der Waals surface area contributed by atoms with E-state index in [1.54, 1.807) is 18.2 Å². The Morgan fingerprint density at radius 2 is 2.00 bits per heavy atom. The Morgan fingerprint density at radius 3 is 2.68 bits per heavy atom. The van der Waals surface area contributed by atoms with Crippen LogP contribution in [0.4, 0.5) is 0 Å². The van der Waals surface area contributed by atoms with Crippen LogP contribution < -0.4 is 5.32 Å². The fraction of sp³-hybridized carbons (Fsp3) is 0.600. The third kappa shape index (κ3) is 7.16. The Balaban J connectivity index is 2.11. The molecule has 106 valence electrons. The highest BCUT2D eigenvalue weighted by molar-refractivity contribution is 6.29. The number of hydrogen-bond acceptors (Lipinski definition) is 2. The Labute approximate surface area is 120 Å². The lowest BCUT2D eigenvalue weighted by atomic mass is 10.0. The number of carbonyl (C=O) groups is 1. The number of unbranched alkanes of at least 4 members (excludes halogenated alkanes) is 3. The van der Waals surface area contributed by atoms with Crippen molar-refractivity contribution in [2.45, 2.75) is 46.0 Å². The number of aromatic nitrogens is 1. The topological polar surface area (TPSA) is 42.0 Å². The number of hydrogen-bond donors (Lipinski definition) is 1. The van der Waals surface area contributed by atoms with Crippen LogP contribution in [0.2, 0.25) is 5.15 Å². The van der Waals surface area contributed by atoms with Gasteiger partial charge in [-0.25, -0.2) is 4.98 Å². The van der Waals surface area contributed by atoms with E-state index in [1.807, 2.05) is 0 Å². The first kappa shape index (κ1) is 16.0. The Hall–Kier alpha value is -1.09. The predicted molar refractivity (Wildman–Crippen MR) is 79.5 cm³/mol. The Morgan fingerprint density at radius 1 is 1.26 bits per heavy atom. The van der Waals surface area contributed by atoms with Crippen LogP contribution in [0.1, 0.15) is 56.4 Å². The van der Waals surface area contributed by atoms with Crippen LogP contribution in [0.3, 0.4) is 0 Å². The summed E-state index contributed by atoms with van der Waals surface area (Å²) in [5.41, 5.74) is 0.382. The van der Waals surface area contributed by atoms with E-state index in [1.165, 1.54) is 19.3 Å². The quantitative estimate of drug-likeness (QED) is 0.577.